The topological polar surface area (TPSA) is 41.1 Å². The van der Waals surface area contributed by atoms with Gasteiger partial charge in [0.25, 0.3) is 0 Å². The lowest BCUT2D eigenvalue weighted by Gasteiger charge is -2.23. The minimum atomic E-state index is 0.379. The Morgan fingerprint density at radius 1 is 1.37 bits per heavy atom. The summed E-state index contributed by atoms with van der Waals surface area (Å²) in [7, 11) is 0. The summed E-state index contributed by atoms with van der Waals surface area (Å²) in [4.78, 5) is 11.4. The van der Waals surface area contributed by atoms with Crippen LogP contribution in [0.3, 0.4) is 0 Å². The van der Waals surface area contributed by atoms with E-state index in [1.807, 2.05) is 12.4 Å². The fourth-order valence-corrected chi connectivity index (χ4v) is 3.23. The number of nitrogens with zero attached hydrogens (tertiary/aromatic N) is 3. The van der Waals surface area contributed by atoms with Crippen LogP contribution in [0, 0.1) is 0 Å². The van der Waals surface area contributed by atoms with Crippen molar-refractivity contribution < 1.29 is 0 Å². The van der Waals surface area contributed by atoms with Crippen LogP contribution in [0.1, 0.15) is 32.9 Å². The quantitative estimate of drug-likeness (QED) is 0.916. The molecule has 1 aliphatic rings. The molecule has 0 saturated carbocycles. The first kappa shape index (κ1) is 14.6. The lowest BCUT2D eigenvalue weighted by molar-refractivity contribution is 0.632. The number of hydrogen-bond donors (Lipinski definition) is 1. The summed E-state index contributed by atoms with van der Waals surface area (Å²) < 4.78 is 0.379. The molecular weight excluding hydrogens is 256 g/mol. The second kappa shape index (κ2) is 6.57. The second-order valence-corrected chi connectivity index (χ2v) is 7.30. The number of nitrogens with one attached hydrogen (secondary N) is 1. The average molecular weight is 280 g/mol. The molecule has 0 atom stereocenters. The third-order valence-corrected chi connectivity index (χ3v) is 4.76. The summed E-state index contributed by atoms with van der Waals surface area (Å²) >= 11 is 2.06. The van der Waals surface area contributed by atoms with Gasteiger partial charge in [-0.05, 0) is 13.0 Å². The molecule has 1 N–H and O–H groups in total. The number of aromatic nitrogens is 2. The van der Waals surface area contributed by atoms with Gasteiger partial charge in [-0.3, -0.25) is 4.98 Å². The SMILES string of the molecule is CCNCc1cncc(N2CCSC(C)(C)CC2)n1. The van der Waals surface area contributed by atoms with Gasteiger partial charge < -0.3 is 10.2 Å². The number of hydrogen-bond acceptors (Lipinski definition) is 5. The first-order chi connectivity index (χ1) is 9.11. The van der Waals surface area contributed by atoms with Crippen LogP contribution in [-0.4, -0.2) is 40.1 Å². The Kier molecular flexibility index (Phi) is 5.05. The molecule has 4 nitrogen and oxygen atoms in total. The summed E-state index contributed by atoms with van der Waals surface area (Å²) in [5, 5.41) is 3.29. The molecule has 1 fully saturated rings. The van der Waals surface area contributed by atoms with Crippen LogP contribution >= 0.6 is 11.8 Å². The van der Waals surface area contributed by atoms with Crippen LogP contribution in [0.25, 0.3) is 0 Å². The standard InChI is InChI=1S/C14H24N4S/c1-4-15-9-12-10-16-11-13(17-12)18-6-5-14(2,3)19-8-7-18/h10-11,15H,4-9H2,1-3H3. The van der Waals surface area contributed by atoms with Gasteiger partial charge in [-0.2, -0.15) is 11.8 Å². The molecule has 2 heterocycles. The zero-order valence-electron chi connectivity index (χ0n) is 12.1. The Morgan fingerprint density at radius 3 is 3.00 bits per heavy atom. The molecule has 1 aromatic heterocycles. The molecule has 1 aliphatic heterocycles. The van der Waals surface area contributed by atoms with Crippen molar-refractivity contribution in [2.24, 2.45) is 0 Å². The van der Waals surface area contributed by atoms with E-state index in [1.54, 1.807) is 0 Å². The summed E-state index contributed by atoms with van der Waals surface area (Å²) in [5.74, 6) is 2.18. The van der Waals surface area contributed by atoms with Gasteiger partial charge in [-0.25, -0.2) is 4.98 Å². The molecule has 5 heteroatoms. The van der Waals surface area contributed by atoms with E-state index >= 15 is 0 Å². The smallest absolute Gasteiger partial charge is 0.147 e. The number of rotatable bonds is 4. The highest BCUT2D eigenvalue weighted by Gasteiger charge is 2.24. The van der Waals surface area contributed by atoms with Crippen LogP contribution in [-0.2, 0) is 6.54 Å². The van der Waals surface area contributed by atoms with Crippen LogP contribution in [0.2, 0.25) is 0 Å². The van der Waals surface area contributed by atoms with Crippen molar-refractivity contribution in [3.8, 4) is 0 Å². The molecule has 0 aromatic carbocycles. The Labute approximate surface area is 120 Å². The number of anilines is 1. The molecule has 0 spiro atoms. The normalized spacial score (nSPS) is 19.2. The summed E-state index contributed by atoms with van der Waals surface area (Å²) in [6.45, 7) is 10.6. The molecule has 106 valence electrons. The molecule has 2 rings (SSSR count). The van der Waals surface area contributed by atoms with Crippen LogP contribution in [0.4, 0.5) is 5.82 Å². The average Bonchev–Trinajstić information content (AvgIpc) is 2.58. The lowest BCUT2D eigenvalue weighted by Crippen LogP contribution is -2.28. The van der Waals surface area contributed by atoms with E-state index in [0.29, 0.717) is 4.75 Å². The third kappa shape index (κ3) is 4.35. The molecule has 0 unspecified atom stereocenters. The van der Waals surface area contributed by atoms with Gasteiger partial charge >= 0.3 is 0 Å². The Hall–Kier alpha value is -0.810. The Balaban J connectivity index is 2.04. The maximum Gasteiger partial charge on any atom is 0.147 e. The summed E-state index contributed by atoms with van der Waals surface area (Å²) in [5.41, 5.74) is 1.02. The highest BCUT2D eigenvalue weighted by Crippen LogP contribution is 2.31. The van der Waals surface area contributed by atoms with Crippen molar-refractivity contribution >= 4 is 17.6 Å². The van der Waals surface area contributed by atoms with Gasteiger partial charge in [0.05, 0.1) is 11.9 Å². The molecule has 0 aliphatic carbocycles. The highest BCUT2D eigenvalue weighted by atomic mass is 32.2. The predicted octanol–water partition coefficient (Wildman–Crippen LogP) is 2.31. The maximum atomic E-state index is 4.72. The second-order valence-electron chi connectivity index (χ2n) is 5.49. The zero-order chi connectivity index (χ0) is 13.7. The van der Waals surface area contributed by atoms with E-state index in [1.165, 1.54) is 6.42 Å². The minimum absolute atomic E-state index is 0.379. The monoisotopic (exact) mass is 280 g/mol. The largest absolute Gasteiger partial charge is 0.354 e. The van der Waals surface area contributed by atoms with Crippen molar-refractivity contribution in [2.75, 3.05) is 30.3 Å². The Bertz CT molecular complexity index is 408. The van der Waals surface area contributed by atoms with Gasteiger partial charge in [-0.1, -0.05) is 20.8 Å². The first-order valence-corrected chi connectivity index (χ1v) is 8.00. The fraction of sp³-hybridized carbons (Fsp3) is 0.714. The predicted molar refractivity (Wildman–Crippen MR) is 82.8 cm³/mol. The first-order valence-electron chi connectivity index (χ1n) is 7.01. The van der Waals surface area contributed by atoms with Gasteiger partial charge in [0.2, 0.25) is 0 Å². The lowest BCUT2D eigenvalue weighted by atomic mass is 10.1. The molecular formula is C14H24N4S. The molecule has 0 amide bonds. The van der Waals surface area contributed by atoms with Crippen LogP contribution in [0.15, 0.2) is 12.4 Å². The third-order valence-electron chi connectivity index (χ3n) is 3.39. The Morgan fingerprint density at radius 2 is 2.21 bits per heavy atom. The van der Waals surface area contributed by atoms with E-state index in [2.05, 4.69) is 47.7 Å². The van der Waals surface area contributed by atoms with E-state index in [-0.39, 0.29) is 0 Å². The molecule has 0 radical (unpaired) electrons. The zero-order valence-corrected chi connectivity index (χ0v) is 13.0. The van der Waals surface area contributed by atoms with E-state index in [0.717, 1.165) is 43.4 Å². The summed E-state index contributed by atoms with van der Waals surface area (Å²) in [6, 6.07) is 0. The minimum Gasteiger partial charge on any atom is -0.354 e. The van der Waals surface area contributed by atoms with Crippen molar-refractivity contribution in [1.82, 2.24) is 15.3 Å². The van der Waals surface area contributed by atoms with Gasteiger partial charge in [0.1, 0.15) is 5.82 Å². The van der Waals surface area contributed by atoms with Crippen LogP contribution < -0.4 is 10.2 Å². The van der Waals surface area contributed by atoms with Gasteiger partial charge in [0.15, 0.2) is 0 Å². The van der Waals surface area contributed by atoms with Crippen molar-refractivity contribution in [3.05, 3.63) is 18.1 Å². The van der Waals surface area contributed by atoms with Crippen molar-refractivity contribution in [2.45, 2.75) is 38.5 Å². The fourth-order valence-electron chi connectivity index (χ4n) is 2.13. The molecule has 0 bridgehead atoms. The van der Waals surface area contributed by atoms with Crippen molar-refractivity contribution in [1.29, 1.82) is 0 Å². The maximum absolute atomic E-state index is 4.72. The van der Waals surface area contributed by atoms with Gasteiger partial charge in [0, 0.05) is 36.3 Å². The van der Waals surface area contributed by atoms with E-state index in [9.17, 15) is 0 Å². The van der Waals surface area contributed by atoms with E-state index < -0.39 is 0 Å². The van der Waals surface area contributed by atoms with Crippen LogP contribution in [0.5, 0.6) is 0 Å². The molecule has 1 saturated heterocycles. The number of thioether (sulfide) groups is 1. The molecule has 19 heavy (non-hydrogen) atoms. The van der Waals surface area contributed by atoms with E-state index in [4.69, 9.17) is 4.98 Å². The van der Waals surface area contributed by atoms with Crippen molar-refractivity contribution in [3.63, 3.8) is 0 Å². The highest BCUT2D eigenvalue weighted by molar-refractivity contribution is 8.00. The van der Waals surface area contributed by atoms with Gasteiger partial charge in [-0.15, -0.1) is 0 Å². The molecule has 1 aromatic rings. The summed E-state index contributed by atoms with van der Waals surface area (Å²) in [6.07, 6.45) is 4.93.